The fourth-order valence-corrected chi connectivity index (χ4v) is 6.14. The van der Waals surface area contributed by atoms with E-state index >= 15 is 0 Å². The summed E-state index contributed by atoms with van der Waals surface area (Å²) in [4.78, 5) is 20.2. The van der Waals surface area contributed by atoms with Crippen molar-refractivity contribution in [2.75, 3.05) is 5.32 Å². The second-order valence-electron chi connectivity index (χ2n) is 8.51. The predicted molar refractivity (Wildman–Crippen MR) is 91.4 cm³/mol. The number of para-hydroxylation sites is 2. The largest absolute Gasteiger partial charge is 0.390 e. The first-order valence-electron chi connectivity index (χ1n) is 8.98. The molecule has 1 aromatic carbocycles. The van der Waals surface area contributed by atoms with E-state index in [-0.39, 0.29) is 11.3 Å². The van der Waals surface area contributed by atoms with Crippen molar-refractivity contribution in [3.63, 3.8) is 0 Å². The number of imidazole rings is 1. The Morgan fingerprint density at radius 3 is 2.71 bits per heavy atom. The summed E-state index contributed by atoms with van der Waals surface area (Å²) in [5.41, 5.74) is 1.27. The van der Waals surface area contributed by atoms with Crippen molar-refractivity contribution in [2.24, 2.45) is 17.3 Å². The van der Waals surface area contributed by atoms with Crippen molar-refractivity contribution in [2.45, 2.75) is 50.5 Å². The summed E-state index contributed by atoms with van der Waals surface area (Å²) >= 11 is 0. The number of hydrogen-bond donors (Lipinski definition) is 3. The van der Waals surface area contributed by atoms with Gasteiger partial charge in [-0.05, 0) is 67.9 Å². The smallest absolute Gasteiger partial charge is 0.227 e. The zero-order chi connectivity index (χ0) is 16.4. The topological polar surface area (TPSA) is 78.0 Å². The van der Waals surface area contributed by atoms with Crippen molar-refractivity contribution in [3.05, 3.63) is 24.3 Å². The molecule has 0 saturated heterocycles. The van der Waals surface area contributed by atoms with Gasteiger partial charge in [0.15, 0.2) is 0 Å². The van der Waals surface area contributed by atoms with Gasteiger partial charge in [0, 0.05) is 6.42 Å². The van der Waals surface area contributed by atoms with Gasteiger partial charge in [-0.2, -0.15) is 0 Å². The molecule has 4 fully saturated rings. The van der Waals surface area contributed by atoms with Crippen molar-refractivity contribution >= 4 is 22.9 Å². The highest BCUT2D eigenvalue weighted by Crippen LogP contribution is 2.62. The number of nitrogens with zero attached hydrogens (tertiary/aromatic N) is 1. The molecule has 2 aromatic rings. The molecule has 3 N–H and O–H groups in total. The maximum atomic E-state index is 12.6. The first-order chi connectivity index (χ1) is 11.5. The van der Waals surface area contributed by atoms with Crippen LogP contribution in [0.15, 0.2) is 24.3 Å². The molecule has 4 bridgehead atoms. The Kier molecular flexibility index (Phi) is 2.90. The lowest BCUT2D eigenvalue weighted by atomic mass is 9.47. The maximum Gasteiger partial charge on any atom is 0.227 e. The van der Waals surface area contributed by atoms with Crippen LogP contribution < -0.4 is 5.32 Å². The summed E-state index contributed by atoms with van der Waals surface area (Å²) in [6.07, 6.45) is 6.61. The second-order valence-corrected chi connectivity index (χ2v) is 8.51. The lowest BCUT2D eigenvalue weighted by Gasteiger charge is -2.60. The molecule has 1 aromatic heterocycles. The molecule has 0 aliphatic heterocycles. The van der Waals surface area contributed by atoms with Crippen LogP contribution >= 0.6 is 0 Å². The van der Waals surface area contributed by atoms with Crippen molar-refractivity contribution < 1.29 is 9.90 Å². The first-order valence-corrected chi connectivity index (χ1v) is 8.98. The maximum absolute atomic E-state index is 12.6. The summed E-state index contributed by atoms with van der Waals surface area (Å²) in [6, 6.07) is 7.76. The van der Waals surface area contributed by atoms with Gasteiger partial charge in [-0.3, -0.25) is 10.1 Å². The number of hydrogen-bond acceptors (Lipinski definition) is 3. The normalized spacial score (nSPS) is 37.0. The number of rotatable bonds is 3. The number of nitrogens with one attached hydrogen (secondary N) is 2. The van der Waals surface area contributed by atoms with Crippen LogP contribution in [-0.4, -0.2) is 26.6 Å². The quantitative estimate of drug-likeness (QED) is 0.811. The number of amides is 1. The molecule has 4 saturated carbocycles. The number of aromatic nitrogens is 2. The van der Waals surface area contributed by atoms with Crippen LogP contribution in [0.4, 0.5) is 5.95 Å². The van der Waals surface area contributed by atoms with Gasteiger partial charge in [0.2, 0.25) is 11.9 Å². The van der Waals surface area contributed by atoms with E-state index < -0.39 is 5.60 Å². The molecule has 6 rings (SSSR count). The minimum Gasteiger partial charge on any atom is -0.390 e. The van der Waals surface area contributed by atoms with E-state index in [9.17, 15) is 9.90 Å². The molecule has 2 atom stereocenters. The fourth-order valence-electron chi connectivity index (χ4n) is 6.14. The van der Waals surface area contributed by atoms with E-state index in [2.05, 4.69) is 15.3 Å². The zero-order valence-corrected chi connectivity index (χ0v) is 13.7. The number of fused-ring (bicyclic) bond motifs is 1. The third-order valence-electron chi connectivity index (χ3n) is 6.33. The van der Waals surface area contributed by atoms with Gasteiger partial charge in [0.1, 0.15) is 0 Å². The molecule has 1 heterocycles. The van der Waals surface area contributed by atoms with Crippen LogP contribution in [0.5, 0.6) is 0 Å². The van der Waals surface area contributed by atoms with Crippen LogP contribution in [-0.2, 0) is 4.79 Å². The van der Waals surface area contributed by atoms with Crippen LogP contribution in [0.3, 0.4) is 0 Å². The van der Waals surface area contributed by atoms with Gasteiger partial charge in [-0.15, -0.1) is 0 Å². The van der Waals surface area contributed by atoms with E-state index in [1.54, 1.807) is 0 Å². The number of aliphatic hydroxyl groups is 1. The zero-order valence-electron chi connectivity index (χ0n) is 13.7. The Labute approximate surface area is 140 Å². The standard InChI is InChI=1S/C19H23N3O2/c23-16(22-17-20-14-3-1-2-4-15(14)21-17)10-18-6-12-5-13(7-18)9-19(24,8-12)11-18/h1-4,12-13,24H,5-11H2,(H2,20,21,22,23)/t12-,13-,18?,19?/m1/s1. The number of anilines is 1. The summed E-state index contributed by atoms with van der Waals surface area (Å²) in [5.74, 6) is 1.75. The van der Waals surface area contributed by atoms with Gasteiger partial charge < -0.3 is 10.1 Å². The van der Waals surface area contributed by atoms with Crippen molar-refractivity contribution in [1.82, 2.24) is 9.97 Å². The van der Waals surface area contributed by atoms with E-state index in [4.69, 9.17) is 0 Å². The minimum atomic E-state index is -0.510. The Bertz CT molecular complexity index is 765. The Morgan fingerprint density at radius 1 is 1.25 bits per heavy atom. The molecule has 24 heavy (non-hydrogen) atoms. The summed E-state index contributed by atoms with van der Waals surface area (Å²) < 4.78 is 0. The van der Waals surface area contributed by atoms with Gasteiger partial charge in [0.05, 0.1) is 16.6 Å². The van der Waals surface area contributed by atoms with Crippen molar-refractivity contribution in [3.8, 4) is 0 Å². The number of aromatic amines is 1. The van der Waals surface area contributed by atoms with Crippen LogP contribution in [0.1, 0.15) is 44.9 Å². The fraction of sp³-hybridized carbons (Fsp3) is 0.579. The number of benzene rings is 1. The SMILES string of the molecule is O=C(CC12C[C@H]3C[C@@H](CC(O)(C3)C1)C2)Nc1nc2ccccc2[nH]1. The van der Waals surface area contributed by atoms with Gasteiger partial charge in [0.25, 0.3) is 0 Å². The molecule has 1 amide bonds. The Hall–Kier alpha value is -1.88. The molecule has 5 nitrogen and oxygen atoms in total. The molecule has 4 aliphatic rings. The van der Waals surface area contributed by atoms with E-state index in [0.717, 1.165) is 43.1 Å². The molecular formula is C19H23N3O2. The molecule has 4 aliphatic carbocycles. The highest BCUT2D eigenvalue weighted by Gasteiger charge is 2.57. The van der Waals surface area contributed by atoms with Crippen LogP contribution in [0.25, 0.3) is 11.0 Å². The second kappa shape index (κ2) is 4.82. The van der Waals surface area contributed by atoms with Crippen LogP contribution in [0, 0.1) is 17.3 Å². The number of carbonyl (C=O) groups is 1. The number of carbonyl (C=O) groups excluding carboxylic acids is 1. The van der Waals surface area contributed by atoms with Crippen LogP contribution in [0.2, 0.25) is 0 Å². The molecule has 0 unspecified atom stereocenters. The van der Waals surface area contributed by atoms with E-state index in [0.29, 0.717) is 24.2 Å². The molecular weight excluding hydrogens is 302 g/mol. The highest BCUT2D eigenvalue weighted by atomic mass is 16.3. The first kappa shape index (κ1) is 14.5. The summed E-state index contributed by atoms with van der Waals surface area (Å²) in [5, 5.41) is 13.7. The van der Waals surface area contributed by atoms with E-state index in [1.165, 1.54) is 6.42 Å². The third-order valence-corrected chi connectivity index (χ3v) is 6.33. The van der Waals surface area contributed by atoms with Gasteiger partial charge in [-0.1, -0.05) is 12.1 Å². The lowest BCUT2D eigenvalue weighted by Crippen LogP contribution is -2.56. The van der Waals surface area contributed by atoms with Gasteiger partial charge in [-0.25, -0.2) is 4.98 Å². The molecule has 0 radical (unpaired) electrons. The van der Waals surface area contributed by atoms with Gasteiger partial charge >= 0.3 is 0 Å². The average molecular weight is 325 g/mol. The summed E-state index contributed by atoms with van der Waals surface area (Å²) in [6.45, 7) is 0. The Morgan fingerprint density at radius 2 is 2.00 bits per heavy atom. The monoisotopic (exact) mass is 325 g/mol. The summed E-state index contributed by atoms with van der Waals surface area (Å²) in [7, 11) is 0. The molecule has 126 valence electrons. The van der Waals surface area contributed by atoms with E-state index in [1.807, 2.05) is 24.3 Å². The van der Waals surface area contributed by atoms with Crippen molar-refractivity contribution in [1.29, 1.82) is 0 Å². The Balaban J connectivity index is 1.33. The molecule has 5 heteroatoms. The third kappa shape index (κ3) is 2.34. The number of H-pyrrole nitrogens is 1. The average Bonchev–Trinajstić information content (AvgIpc) is 2.85. The highest BCUT2D eigenvalue weighted by molar-refractivity contribution is 5.91. The predicted octanol–water partition coefficient (Wildman–Crippen LogP) is 3.22. The lowest BCUT2D eigenvalue weighted by molar-refractivity contribution is -0.167. The molecule has 0 spiro atoms. The minimum absolute atomic E-state index is 0.00503.